The van der Waals surface area contributed by atoms with E-state index in [1.165, 1.54) is 30.0 Å². The average molecular weight is 410 g/mol. The summed E-state index contributed by atoms with van der Waals surface area (Å²) >= 11 is 1.49. The number of thioether (sulfide) groups is 1. The molecule has 1 aromatic heterocycles. The van der Waals surface area contributed by atoms with E-state index in [4.69, 9.17) is 4.74 Å². The molecule has 0 aliphatic rings. The summed E-state index contributed by atoms with van der Waals surface area (Å²) in [5.41, 5.74) is 4.67. The van der Waals surface area contributed by atoms with E-state index in [1.54, 1.807) is 38.6 Å². The van der Waals surface area contributed by atoms with Gasteiger partial charge in [0.25, 0.3) is 5.91 Å². The van der Waals surface area contributed by atoms with Crippen LogP contribution in [-0.4, -0.2) is 28.7 Å². The topological polar surface area (TPSA) is 76.5 Å². The number of halogens is 1. The predicted octanol–water partition coefficient (Wildman–Crippen LogP) is 4.07. The number of amides is 1. The molecule has 3 aromatic rings. The van der Waals surface area contributed by atoms with Crippen LogP contribution in [0.15, 0.2) is 71.2 Å². The molecule has 29 heavy (non-hydrogen) atoms. The number of nitrogens with one attached hydrogen (secondary N) is 1. The molecular formula is C21H19FN4O2S. The van der Waals surface area contributed by atoms with Gasteiger partial charge in [-0.05, 0) is 48.9 Å². The average Bonchev–Trinajstić information content (AvgIpc) is 2.76. The minimum absolute atomic E-state index is 0.0567. The molecule has 0 radical (unpaired) electrons. The van der Waals surface area contributed by atoms with Crippen molar-refractivity contribution in [1.29, 1.82) is 0 Å². The SMILES string of the molecule is COc1ccc(/C(C)=N/NC(=O)c2ccccc2F)cc1CSc1ncccn1. The quantitative estimate of drug-likeness (QED) is 0.275. The number of rotatable bonds is 7. The van der Waals surface area contributed by atoms with Crippen molar-refractivity contribution in [3.05, 3.63) is 83.4 Å². The number of nitrogens with zero attached hydrogens (tertiary/aromatic N) is 3. The van der Waals surface area contributed by atoms with Crippen LogP contribution in [0.2, 0.25) is 0 Å². The normalized spacial score (nSPS) is 11.2. The van der Waals surface area contributed by atoms with Crippen LogP contribution in [0.1, 0.15) is 28.4 Å². The maximum atomic E-state index is 13.7. The number of carbonyl (C=O) groups excluding carboxylic acids is 1. The van der Waals surface area contributed by atoms with Crippen molar-refractivity contribution in [2.75, 3.05) is 7.11 Å². The second-order valence-corrected chi connectivity index (χ2v) is 6.91. The summed E-state index contributed by atoms with van der Waals surface area (Å²) in [4.78, 5) is 20.5. The Morgan fingerprint density at radius 2 is 1.93 bits per heavy atom. The lowest BCUT2D eigenvalue weighted by Gasteiger charge is -2.10. The summed E-state index contributed by atoms with van der Waals surface area (Å²) in [5, 5.41) is 4.77. The van der Waals surface area contributed by atoms with Gasteiger partial charge >= 0.3 is 0 Å². The van der Waals surface area contributed by atoms with Crippen LogP contribution in [0, 0.1) is 5.82 Å². The van der Waals surface area contributed by atoms with Crippen LogP contribution >= 0.6 is 11.8 Å². The highest BCUT2D eigenvalue weighted by Gasteiger charge is 2.11. The van der Waals surface area contributed by atoms with Crippen molar-refractivity contribution in [3.8, 4) is 5.75 Å². The lowest BCUT2D eigenvalue weighted by molar-refractivity contribution is 0.0951. The molecule has 0 fully saturated rings. The highest BCUT2D eigenvalue weighted by Crippen LogP contribution is 2.27. The molecule has 148 valence electrons. The molecule has 0 aliphatic heterocycles. The fraction of sp³-hybridized carbons (Fsp3) is 0.143. The Bertz CT molecular complexity index is 1030. The van der Waals surface area contributed by atoms with Gasteiger partial charge in [-0.25, -0.2) is 19.8 Å². The first kappa shape index (κ1) is 20.5. The van der Waals surface area contributed by atoms with Gasteiger partial charge in [0.15, 0.2) is 5.16 Å². The Balaban J connectivity index is 1.74. The molecule has 0 unspecified atom stereocenters. The summed E-state index contributed by atoms with van der Waals surface area (Å²) in [6.07, 6.45) is 3.39. The number of hydrogen-bond acceptors (Lipinski definition) is 6. The fourth-order valence-corrected chi connectivity index (χ4v) is 3.30. The van der Waals surface area contributed by atoms with Gasteiger partial charge in [0.05, 0.1) is 18.4 Å². The van der Waals surface area contributed by atoms with E-state index in [9.17, 15) is 9.18 Å². The number of methoxy groups -OCH3 is 1. The second kappa shape index (κ2) is 9.79. The smallest absolute Gasteiger partial charge is 0.274 e. The summed E-state index contributed by atoms with van der Waals surface area (Å²) in [7, 11) is 1.61. The third kappa shape index (κ3) is 5.39. The van der Waals surface area contributed by atoms with Crippen molar-refractivity contribution in [1.82, 2.24) is 15.4 Å². The molecule has 1 amide bonds. The number of benzene rings is 2. The Kier molecular flexibility index (Phi) is 6.91. The van der Waals surface area contributed by atoms with Gasteiger partial charge in [-0.15, -0.1) is 0 Å². The molecule has 0 atom stereocenters. The number of aromatic nitrogens is 2. The van der Waals surface area contributed by atoms with Gasteiger partial charge in [0.1, 0.15) is 11.6 Å². The Morgan fingerprint density at radius 3 is 2.66 bits per heavy atom. The van der Waals surface area contributed by atoms with E-state index in [0.29, 0.717) is 16.6 Å². The zero-order valence-corrected chi connectivity index (χ0v) is 16.7. The zero-order chi connectivity index (χ0) is 20.6. The second-order valence-electron chi connectivity index (χ2n) is 5.96. The van der Waals surface area contributed by atoms with Gasteiger partial charge in [-0.2, -0.15) is 5.10 Å². The van der Waals surface area contributed by atoms with Gasteiger partial charge in [-0.1, -0.05) is 23.9 Å². The monoisotopic (exact) mass is 410 g/mol. The van der Waals surface area contributed by atoms with Crippen molar-refractivity contribution in [3.63, 3.8) is 0 Å². The third-order valence-corrected chi connectivity index (χ3v) is 4.97. The largest absolute Gasteiger partial charge is 0.496 e. The van der Waals surface area contributed by atoms with Crippen LogP contribution in [0.4, 0.5) is 4.39 Å². The molecule has 0 saturated heterocycles. The first-order valence-electron chi connectivity index (χ1n) is 8.74. The van der Waals surface area contributed by atoms with Crippen molar-refractivity contribution in [2.45, 2.75) is 17.8 Å². The Hall–Kier alpha value is -3.26. The molecule has 2 aromatic carbocycles. The summed E-state index contributed by atoms with van der Waals surface area (Å²) < 4.78 is 19.1. The Labute approximate surface area is 172 Å². The standard InChI is InChI=1S/C21H19FN4O2S/c1-14(25-26-20(27)17-6-3-4-7-18(17)22)15-8-9-19(28-2)16(12-15)13-29-21-23-10-5-11-24-21/h3-12H,13H2,1-2H3,(H,26,27)/b25-14+. The molecule has 0 aliphatic carbocycles. The number of hydrazone groups is 1. The highest BCUT2D eigenvalue weighted by molar-refractivity contribution is 7.98. The van der Waals surface area contributed by atoms with Gasteiger partial charge < -0.3 is 4.74 Å². The molecular weight excluding hydrogens is 391 g/mol. The molecule has 3 rings (SSSR count). The molecule has 1 N–H and O–H groups in total. The van der Waals surface area contributed by atoms with Crippen molar-refractivity contribution >= 4 is 23.4 Å². The van der Waals surface area contributed by atoms with E-state index < -0.39 is 11.7 Å². The number of ether oxygens (including phenoxy) is 1. The van der Waals surface area contributed by atoms with Gasteiger partial charge in [0.2, 0.25) is 0 Å². The summed E-state index contributed by atoms with van der Waals surface area (Å²) in [5.74, 6) is 0.147. The number of carbonyl (C=O) groups is 1. The lowest BCUT2D eigenvalue weighted by Crippen LogP contribution is -2.20. The predicted molar refractivity (Wildman–Crippen MR) is 111 cm³/mol. The fourth-order valence-electron chi connectivity index (χ4n) is 2.52. The van der Waals surface area contributed by atoms with E-state index >= 15 is 0 Å². The minimum atomic E-state index is -0.604. The summed E-state index contributed by atoms with van der Waals surface area (Å²) in [6.45, 7) is 1.76. The highest BCUT2D eigenvalue weighted by atomic mass is 32.2. The van der Waals surface area contributed by atoms with E-state index in [2.05, 4.69) is 20.5 Å². The van der Waals surface area contributed by atoms with Crippen LogP contribution in [0.5, 0.6) is 5.75 Å². The molecule has 0 bridgehead atoms. The minimum Gasteiger partial charge on any atom is -0.496 e. The van der Waals surface area contributed by atoms with E-state index in [1.807, 2.05) is 18.2 Å². The van der Waals surface area contributed by atoms with Gasteiger partial charge in [-0.3, -0.25) is 4.79 Å². The van der Waals surface area contributed by atoms with E-state index in [0.717, 1.165) is 16.9 Å². The van der Waals surface area contributed by atoms with Crippen LogP contribution in [-0.2, 0) is 5.75 Å². The Morgan fingerprint density at radius 1 is 1.17 bits per heavy atom. The molecule has 0 spiro atoms. The first-order valence-corrected chi connectivity index (χ1v) is 9.73. The molecule has 0 saturated carbocycles. The van der Waals surface area contributed by atoms with Gasteiger partial charge in [0, 0.05) is 23.7 Å². The van der Waals surface area contributed by atoms with E-state index in [-0.39, 0.29) is 5.56 Å². The first-order chi connectivity index (χ1) is 14.1. The van der Waals surface area contributed by atoms with Crippen LogP contribution < -0.4 is 10.2 Å². The van der Waals surface area contributed by atoms with Crippen LogP contribution in [0.25, 0.3) is 0 Å². The van der Waals surface area contributed by atoms with Crippen molar-refractivity contribution < 1.29 is 13.9 Å². The van der Waals surface area contributed by atoms with Crippen LogP contribution in [0.3, 0.4) is 0 Å². The maximum absolute atomic E-state index is 13.7. The summed E-state index contributed by atoms with van der Waals surface area (Å²) in [6, 6.07) is 13.1. The van der Waals surface area contributed by atoms with Crippen molar-refractivity contribution in [2.24, 2.45) is 5.10 Å². The zero-order valence-electron chi connectivity index (χ0n) is 15.9. The molecule has 8 heteroatoms. The molecule has 1 heterocycles. The number of hydrogen-bond donors (Lipinski definition) is 1. The maximum Gasteiger partial charge on any atom is 0.274 e. The lowest BCUT2D eigenvalue weighted by atomic mass is 10.1. The molecule has 6 nitrogen and oxygen atoms in total. The third-order valence-electron chi connectivity index (χ3n) is 4.04.